The van der Waals surface area contributed by atoms with Gasteiger partial charge in [0.2, 0.25) is 5.91 Å². The highest BCUT2D eigenvalue weighted by molar-refractivity contribution is 9.10. The highest BCUT2D eigenvalue weighted by Gasteiger charge is 2.33. The standard InChI is InChI=1S/C27H33BrN2O4/c1-6-29(7-2)27(31)23-9-8-12-30(23)16-22-18-11-10-17(32-3)13-19(18)20-14-24(33-4)25(34-5)15-21(20)26(22)28/h10-11,13-15,23H,6-9,12,16H2,1-5H3/t23-/m0/s1. The molecule has 0 spiro atoms. The number of ether oxygens (including phenoxy) is 3. The van der Waals surface area contributed by atoms with Crippen LogP contribution in [0.1, 0.15) is 32.3 Å². The summed E-state index contributed by atoms with van der Waals surface area (Å²) >= 11 is 3.92. The molecule has 0 radical (unpaired) electrons. The lowest BCUT2D eigenvalue weighted by atomic mass is 9.95. The number of methoxy groups -OCH3 is 3. The summed E-state index contributed by atoms with van der Waals surface area (Å²) in [6, 6.07) is 10.1. The highest BCUT2D eigenvalue weighted by Crippen LogP contribution is 2.43. The molecule has 0 aliphatic carbocycles. The summed E-state index contributed by atoms with van der Waals surface area (Å²) in [6.45, 7) is 7.16. The number of amides is 1. The molecular weight excluding hydrogens is 496 g/mol. The second-order valence-electron chi connectivity index (χ2n) is 8.60. The zero-order chi connectivity index (χ0) is 24.4. The normalized spacial score (nSPS) is 16.2. The van der Waals surface area contributed by atoms with Gasteiger partial charge >= 0.3 is 0 Å². The van der Waals surface area contributed by atoms with E-state index >= 15 is 0 Å². The quantitative estimate of drug-likeness (QED) is 0.355. The lowest BCUT2D eigenvalue weighted by Gasteiger charge is -2.30. The van der Waals surface area contributed by atoms with Crippen molar-refractivity contribution >= 4 is 43.4 Å². The number of hydrogen-bond donors (Lipinski definition) is 0. The van der Waals surface area contributed by atoms with Gasteiger partial charge < -0.3 is 19.1 Å². The van der Waals surface area contributed by atoms with E-state index in [1.54, 1.807) is 21.3 Å². The van der Waals surface area contributed by atoms with Gasteiger partial charge in [-0.1, -0.05) is 6.07 Å². The number of halogens is 1. The molecule has 0 aromatic heterocycles. The lowest BCUT2D eigenvalue weighted by Crippen LogP contribution is -2.45. The maximum Gasteiger partial charge on any atom is 0.239 e. The van der Waals surface area contributed by atoms with E-state index in [9.17, 15) is 4.79 Å². The number of likely N-dealkylation sites (N-methyl/N-ethyl adjacent to an activating group) is 1. The summed E-state index contributed by atoms with van der Waals surface area (Å²) < 4.78 is 17.8. The van der Waals surface area contributed by atoms with Crippen LogP contribution in [0.5, 0.6) is 17.2 Å². The average Bonchev–Trinajstić information content (AvgIpc) is 3.34. The summed E-state index contributed by atoms with van der Waals surface area (Å²) in [5.74, 6) is 2.40. The molecule has 34 heavy (non-hydrogen) atoms. The van der Waals surface area contributed by atoms with Gasteiger partial charge in [-0.05, 0) is 95.2 Å². The lowest BCUT2D eigenvalue weighted by molar-refractivity contribution is -0.135. The molecule has 1 amide bonds. The maximum atomic E-state index is 13.2. The third-order valence-electron chi connectivity index (χ3n) is 6.95. The smallest absolute Gasteiger partial charge is 0.239 e. The minimum absolute atomic E-state index is 0.0822. The molecule has 1 fully saturated rings. The molecular formula is C27H33BrN2O4. The van der Waals surface area contributed by atoms with Crippen LogP contribution in [-0.2, 0) is 11.3 Å². The van der Waals surface area contributed by atoms with Gasteiger partial charge in [-0.3, -0.25) is 9.69 Å². The molecule has 1 atom stereocenters. The van der Waals surface area contributed by atoms with Gasteiger partial charge in [0, 0.05) is 29.5 Å². The van der Waals surface area contributed by atoms with E-state index in [0.717, 1.165) is 69.8 Å². The van der Waals surface area contributed by atoms with Crippen LogP contribution in [0.4, 0.5) is 0 Å². The Kier molecular flexibility index (Phi) is 7.53. The topological polar surface area (TPSA) is 51.2 Å². The van der Waals surface area contributed by atoms with Gasteiger partial charge in [-0.2, -0.15) is 0 Å². The third-order valence-corrected chi connectivity index (χ3v) is 7.86. The number of benzene rings is 3. The first kappa shape index (κ1) is 24.6. The van der Waals surface area contributed by atoms with Crippen molar-refractivity contribution in [2.45, 2.75) is 39.3 Å². The van der Waals surface area contributed by atoms with Crippen LogP contribution >= 0.6 is 15.9 Å². The fourth-order valence-corrected chi connectivity index (χ4v) is 5.77. The van der Waals surface area contributed by atoms with E-state index < -0.39 is 0 Å². The van der Waals surface area contributed by atoms with Crippen LogP contribution in [0.15, 0.2) is 34.8 Å². The number of fused-ring (bicyclic) bond motifs is 3. The number of likely N-dealkylation sites (tertiary alicyclic amines) is 1. The Hall–Kier alpha value is -2.51. The van der Waals surface area contributed by atoms with Gasteiger partial charge in [-0.25, -0.2) is 0 Å². The summed E-state index contributed by atoms with van der Waals surface area (Å²) in [5.41, 5.74) is 1.16. The monoisotopic (exact) mass is 528 g/mol. The molecule has 1 aliphatic heterocycles. The Balaban J connectivity index is 1.88. The summed E-state index contributed by atoms with van der Waals surface area (Å²) in [7, 11) is 4.98. The molecule has 0 N–H and O–H groups in total. The summed E-state index contributed by atoms with van der Waals surface area (Å²) in [5, 5.41) is 4.31. The average molecular weight is 529 g/mol. The predicted molar refractivity (Wildman–Crippen MR) is 140 cm³/mol. The van der Waals surface area contributed by atoms with E-state index in [-0.39, 0.29) is 11.9 Å². The zero-order valence-corrected chi connectivity index (χ0v) is 22.2. The Morgan fingerprint density at radius 3 is 2.24 bits per heavy atom. The number of rotatable bonds is 8. The predicted octanol–water partition coefficient (Wildman–Crippen LogP) is 5.61. The van der Waals surface area contributed by atoms with Gasteiger partial charge in [0.25, 0.3) is 0 Å². The molecule has 1 heterocycles. The second-order valence-corrected chi connectivity index (χ2v) is 9.39. The maximum absolute atomic E-state index is 13.2. The number of carbonyl (C=O) groups is 1. The number of carbonyl (C=O) groups excluding carboxylic acids is 1. The molecule has 3 aromatic rings. The molecule has 1 aliphatic rings. The van der Waals surface area contributed by atoms with Crippen LogP contribution in [0.3, 0.4) is 0 Å². The van der Waals surface area contributed by atoms with E-state index in [1.807, 2.05) is 36.9 Å². The summed E-state index contributed by atoms with van der Waals surface area (Å²) in [6.07, 6.45) is 1.93. The number of hydrogen-bond acceptors (Lipinski definition) is 5. The van der Waals surface area contributed by atoms with Crippen LogP contribution in [0, 0.1) is 0 Å². The fourth-order valence-electron chi connectivity index (χ4n) is 5.10. The highest BCUT2D eigenvalue weighted by atomic mass is 79.9. The van der Waals surface area contributed by atoms with Crippen molar-refractivity contribution in [1.29, 1.82) is 0 Å². The number of nitrogens with zero attached hydrogens (tertiary/aromatic N) is 2. The molecule has 1 saturated heterocycles. The van der Waals surface area contributed by atoms with Gasteiger partial charge in [0.15, 0.2) is 11.5 Å². The Labute approximate surface area is 209 Å². The first-order valence-electron chi connectivity index (χ1n) is 11.8. The zero-order valence-electron chi connectivity index (χ0n) is 20.6. The minimum atomic E-state index is -0.0822. The molecule has 0 unspecified atom stereocenters. The van der Waals surface area contributed by atoms with E-state index in [4.69, 9.17) is 14.2 Å². The Morgan fingerprint density at radius 2 is 1.62 bits per heavy atom. The van der Waals surface area contributed by atoms with Gasteiger partial charge in [-0.15, -0.1) is 0 Å². The van der Waals surface area contributed by atoms with Crippen molar-refractivity contribution in [3.63, 3.8) is 0 Å². The van der Waals surface area contributed by atoms with Crippen LogP contribution in [0.2, 0.25) is 0 Å². The summed E-state index contributed by atoms with van der Waals surface area (Å²) in [4.78, 5) is 17.5. The van der Waals surface area contributed by atoms with Crippen molar-refractivity contribution in [1.82, 2.24) is 9.80 Å². The minimum Gasteiger partial charge on any atom is -0.497 e. The Morgan fingerprint density at radius 1 is 0.971 bits per heavy atom. The van der Waals surface area contributed by atoms with Crippen LogP contribution in [-0.4, -0.2) is 62.7 Å². The van der Waals surface area contributed by atoms with Crippen molar-refractivity contribution in [3.8, 4) is 17.2 Å². The first-order chi connectivity index (χ1) is 16.5. The van der Waals surface area contributed by atoms with Crippen LogP contribution < -0.4 is 14.2 Å². The van der Waals surface area contributed by atoms with Crippen molar-refractivity contribution in [2.75, 3.05) is 41.0 Å². The third kappa shape index (κ3) is 4.31. The molecule has 7 heteroatoms. The molecule has 4 rings (SSSR count). The molecule has 3 aromatic carbocycles. The fraction of sp³-hybridized carbons (Fsp3) is 0.444. The molecule has 0 bridgehead atoms. The molecule has 182 valence electrons. The van der Waals surface area contributed by atoms with Gasteiger partial charge in [0.05, 0.1) is 27.4 Å². The van der Waals surface area contributed by atoms with E-state index in [0.29, 0.717) is 18.0 Å². The van der Waals surface area contributed by atoms with Crippen molar-refractivity contribution < 1.29 is 19.0 Å². The second kappa shape index (κ2) is 10.4. The SMILES string of the molecule is CCN(CC)C(=O)[C@@H]1CCCN1Cc1c(Br)c2cc(OC)c(OC)cc2c2cc(OC)ccc12. The van der Waals surface area contributed by atoms with E-state index in [2.05, 4.69) is 33.0 Å². The largest absolute Gasteiger partial charge is 0.497 e. The van der Waals surface area contributed by atoms with Gasteiger partial charge in [0.1, 0.15) is 5.75 Å². The van der Waals surface area contributed by atoms with Crippen LogP contribution in [0.25, 0.3) is 21.5 Å². The van der Waals surface area contributed by atoms with Crippen molar-refractivity contribution in [2.24, 2.45) is 0 Å². The molecule has 0 saturated carbocycles. The first-order valence-corrected chi connectivity index (χ1v) is 12.6. The van der Waals surface area contributed by atoms with Crippen molar-refractivity contribution in [3.05, 3.63) is 40.4 Å². The Bertz CT molecular complexity index is 1210. The molecule has 6 nitrogen and oxygen atoms in total. The van der Waals surface area contributed by atoms with E-state index in [1.165, 1.54) is 0 Å².